The van der Waals surface area contributed by atoms with Crippen LogP contribution in [0.15, 0.2) is 54.1 Å². The number of rotatable bonds is 5. The Kier molecular flexibility index (Phi) is 5.80. The third kappa shape index (κ3) is 3.78. The summed E-state index contributed by atoms with van der Waals surface area (Å²) >= 11 is 1.30. The van der Waals surface area contributed by atoms with Crippen LogP contribution in [0.25, 0.3) is 5.76 Å². The summed E-state index contributed by atoms with van der Waals surface area (Å²) in [6.45, 7) is 6.09. The van der Waals surface area contributed by atoms with E-state index in [0.717, 1.165) is 10.6 Å². The summed E-state index contributed by atoms with van der Waals surface area (Å²) in [5.74, 6) is -1.79. The van der Waals surface area contributed by atoms with Crippen LogP contribution in [-0.4, -0.2) is 28.4 Å². The van der Waals surface area contributed by atoms with Crippen molar-refractivity contribution in [1.82, 2.24) is 4.98 Å². The number of carbonyl (C=O) groups is 2. The fourth-order valence-corrected chi connectivity index (χ4v) is 4.52. The molecule has 3 aromatic rings. The number of aliphatic hydroxyl groups excluding tert-OH is 1. The number of aromatic nitrogens is 1. The van der Waals surface area contributed by atoms with E-state index in [1.54, 1.807) is 24.3 Å². The summed E-state index contributed by atoms with van der Waals surface area (Å²) in [4.78, 5) is 32.9. The van der Waals surface area contributed by atoms with Crippen LogP contribution in [0.2, 0.25) is 0 Å². The molecule has 2 heterocycles. The number of ketones is 1. The molecule has 0 bridgehead atoms. The number of carbonyl (C=O) groups excluding carboxylic acids is 2. The van der Waals surface area contributed by atoms with Crippen LogP contribution in [0.5, 0.6) is 5.75 Å². The first-order chi connectivity index (χ1) is 15.3. The zero-order valence-electron chi connectivity index (χ0n) is 17.8. The number of Topliss-reactive ketones (excluding diaryl/α,β-unsaturated/α-hetero) is 1. The van der Waals surface area contributed by atoms with Gasteiger partial charge in [-0.15, -0.1) is 11.3 Å². The highest BCUT2D eigenvalue weighted by Crippen LogP contribution is 2.44. The van der Waals surface area contributed by atoms with Crippen molar-refractivity contribution < 1.29 is 23.8 Å². The lowest BCUT2D eigenvalue weighted by Crippen LogP contribution is -2.29. The Morgan fingerprint density at radius 1 is 1.12 bits per heavy atom. The number of amides is 1. The molecule has 1 aliphatic rings. The highest BCUT2D eigenvalue weighted by atomic mass is 32.1. The van der Waals surface area contributed by atoms with Crippen molar-refractivity contribution >= 4 is 33.9 Å². The Morgan fingerprint density at radius 3 is 2.34 bits per heavy atom. The number of hydrogen-bond acceptors (Lipinski definition) is 6. The summed E-state index contributed by atoms with van der Waals surface area (Å²) in [6.07, 6.45) is 0. The molecule has 1 saturated heterocycles. The number of ether oxygens (including phenoxy) is 1. The number of anilines is 1. The molecule has 1 N–H and O–H groups in total. The van der Waals surface area contributed by atoms with Gasteiger partial charge in [0.25, 0.3) is 5.78 Å². The lowest BCUT2D eigenvalue weighted by atomic mass is 9.95. The van der Waals surface area contributed by atoms with Crippen LogP contribution in [0.4, 0.5) is 9.52 Å². The third-order valence-corrected chi connectivity index (χ3v) is 6.36. The molecule has 2 aromatic carbocycles. The van der Waals surface area contributed by atoms with E-state index < -0.39 is 23.5 Å². The Balaban J connectivity index is 1.90. The predicted octanol–water partition coefficient (Wildman–Crippen LogP) is 4.92. The zero-order chi connectivity index (χ0) is 23.0. The Hall–Kier alpha value is -3.52. The minimum absolute atomic E-state index is 0.0729. The van der Waals surface area contributed by atoms with E-state index >= 15 is 0 Å². The first kappa shape index (κ1) is 21.7. The van der Waals surface area contributed by atoms with Gasteiger partial charge in [-0.05, 0) is 62.7 Å². The van der Waals surface area contributed by atoms with Gasteiger partial charge in [0, 0.05) is 10.4 Å². The van der Waals surface area contributed by atoms with Crippen molar-refractivity contribution in [3.8, 4) is 5.75 Å². The Bertz CT molecular complexity index is 1200. The SMILES string of the molecule is CCOc1ccc(C2/C(=C(\O)c3ccc(F)cc3)C(=O)C(=O)N2c2nc(C)c(C)s2)cc1. The molecule has 0 radical (unpaired) electrons. The van der Waals surface area contributed by atoms with Crippen LogP contribution in [-0.2, 0) is 9.59 Å². The summed E-state index contributed by atoms with van der Waals surface area (Å²) in [6, 6.07) is 11.2. The molecular weight excluding hydrogens is 431 g/mol. The molecule has 0 saturated carbocycles. The van der Waals surface area contributed by atoms with Gasteiger partial charge in [0.05, 0.1) is 23.9 Å². The molecule has 1 atom stereocenters. The van der Waals surface area contributed by atoms with Gasteiger partial charge in [0.2, 0.25) is 0 Å². The summed E-state index contributed by atoms with van der Waals surface area (Å²) in [5.41, 5.74) is 1.54. The topological polar surface area (TPSA) is 79.7 Å². The molecule has 1 aliphatic heterocycles. The van der Waals surface area contributed by atoms with Crippen molar-refractivity contribution in [1.29, 1.82) is 0 Å². The van der Waals surface area contributed by atoms with Gasteiger partial charge in [0.15, 0.2) is 5.13 Å². The molecule has 0 aliphatic carbocycles. The van der Waals surface area contributed by atoms with Crippen molar-refractivity contribution in [3.05, 3.63) is 81.6 Å². The number of aryl methyl sites for hydroxylation is 2. The molecule has 1 unspecified atom stereocenters. The molecule has 32 heavy (non-hydrogen) atoms. The number of nitrogens with zero attached hydrogens (tertiary/aromatic N) is 2. The molecule has 1 fully saturated rings. The number of hydrogen-bond donors (Lipinski definition) is 1. The second-order valence-corrected chi connectivity index (χ2v) is 8.50. The van der Waals surface area contributed by atoms with E-state index in [-0.39, 0.29) is 16.9 Å². The number of halogens is 1. The monoisotopic (exact) mass is 452 g/mol. The summed E-state index contributed by atoms with van der Waals surface area (Å²) < 4.78 is 18.9. The molecule has 1 amide bonds. The van der Waals surface area contributed by atoms with Crippen molar-refractivity contribution in [3.63, 3.8) is 0 Å². The largest absolute Gasteiger partial charge is 0.507 e. The first-order valence-corrected chi connectivity index (χ1v) is 10.9. The number of thiazole rings is 1. The lowest BCUT2D eigenvalue weighted by molar-refractivity contribution is -0.132. The quantitative estimate of drug-likeness (QED) is 0.338. The predicted molar refractivity (Wildman–Crippen MR) is 120 cm³/mol. The summed E-state index contributed by atoms with van der Waals surface area (Å²) in [7, 11) is 0. The third-order valence-electron chi connectivity index (χ3n) is 5.29. The molecule has 164 valence electrons. The smallest absolute Gasteiger partial charge is 0.301 e. The van der Waals surface area contributed by atoms with Crippen LogP contribution in [0.1, 0.15) is 34.7 Å². The van der Waals surface area contributed by atoms with Gasteiger partial charge in [-0.3, -0.25) is 14.5 Å². The highest BCUT2D eigenvalue weighted by Gasteiger charge is 2.48. The van der Waals surface area contributed by atoms with Gasteiger partial charge in [-0.1, -0.05) is 12.1 Å². The first-order valence-electron chi connectivity index (χ1n) is 10.1. The van der Waals surface area contributed by atoms with Gasteiger partial charge in [-0.2, -0.15) is 0 Å². The summed E-state index contributed by atoms with van der Waals surface area (Å²) in [5, 5.41) is 11.4. The van der Waals surface area contributed by atoms with E-state index in [2.05, 4.69) is 4.98 Å². The fourth-order valence-electron chi connectivity index (χ4n) is 3.58. The highest BCUT2D eigenvalue weighted by molar-refractivity contribution is 7.16. The van der Waals surface area contributed by atoms with E-state index in [1.165, 1.54) is 40.5 Å². The minimum atomic E-state index is -0.888. The standard InChI is InChI=1S/C24H21FN2O4S/c1-4-31-18-11-7-15(8-12-18)20-19(21(28)16-5-9-17(25)10-6-16)22(29)23(30)27(20)24-26-13(2)14(3)32-24/h5-12,20,28H,4H2,1-3H3/b21-19+. The van der Waals surface area contributed by atoms with E-state index in [4.69, 9.17) is 4.74 Å². The zero-order valence-corrected chi connectivity index (χ0v) is 18.6. The Labute approximate surface area is 188 Å². The molecule has 4 rings (SSSR count). The van der Waals surface area contributed by atoms with Crippen LogP contribution < -0.4 is 9.64 Å². The van der Waals surface area contributed by atoms with Gasteiger partial charge < -0.3 is 9.84 Å². The van der Waals surface area contributed by atoms with Crippen molar-refractivity contribution in [2.24, 2.45) is 0 Å². The maximum absolute atomic E-state index is 13.4. The maximum Gasteiger partial charge on any atom is 0.301 e. The second-order valence-electron chi connectivity index (χ2n) is 7.32. The van der Waals surface area contributed by atoms with Gasteiger partial charge >= 0.3 is 5.91 Å². The minimum Gasteiger partial charge on any atom is -0.507 e. The second kappa shape index (κ2) is 8.55. The molecular formula is C24H21FN2O4S. The van der Waals surface area contributed by atoms with Crippen molar-refractivity contribution in [2.45, 2.75) is 26.8 Å². The lowest BCUT2D eigenvalue weighted by Gasteiger charge is -2.23. The molecule has 1 aromatic heterocycles. The van der Waals surface area contributed by atoms with Crippen LogP contribution >= 0.6 is 11.3 Å². The number of aliphatic hydroxyl groups is 1. The molecule has 8 heteroatoms. The number of benzene rings is 2. The van der Waals surface area contributed by atoms with Crippen LogP contribution in [0, 0.1) is 19.7 Å². The molecule has 0 spiro atoms. The molecule has 6 nitrogen and oxygen atoms in total. The van der Waals surface area contributed by atoms with E-state index in [1.807, 2.05) is 20.8 Å². The van der Waals surface area contributed by atoms with Gasteiger partial charge in [0.1, 0.15) is 17.3 Å². The van der Waals surface area contributed by atoms with E-state index in [9.17, 15) is 19.1 Å². The normalized spacial score (nSPS) is 17.8. The fraction of sp³-hybridized carbons (Fsp3) is 0.208. The maximum atomic E-state index is 13.4. The van der Waals surface area contributed by atoms with Gasteiger partial charge in [-0.25, -0.2) is 9.37 Å². The average molecular weight is 453 g/mol. The Morgan fingerprint density at radius 2 is 1.78 bits per heavy atom. The van der Waals surface area contributed by atoms with E-state index in [0.29, 0.717) is 23.1 Å². The van der Waals surface area contributed by atoms with Crippen molar-refractivity contribution in [2.75, 3.05) is 11.5 Å². The average Bonchev–Trinajstić information content (AvgIpc) is 3.24. The van der Waals surface area contributed by atoms with Crippen LogP contribution in [0.3, 0.4) is 0 Å².